The molecule has 1 unspecified atom stereocenters. The molecule has 2 aromatic rings. The van der Waals surface area contributed by atoms with Crippen LogP contribution in [0.5, 0.6) is 0 Å². The Bertz CT molecular complexity index is 810. The second-order valence-electron chi connectivity index (χ2n) is 8.65. The van der Waals surface area contributed by atoms with Crippen molar-refractivity contribution in [3.05, 3.63) is 52.8 Å². The second kappa shape index (κ2) is 8.48. The van der Waals surface area contributed by atoms with E-state index in [1.165, 1.54) is 43.4 Å². The third-order valence-corrected chi connectivity index (χ3v) is 6.27. The van der Waals surface area contributed by atoms with Crippen molar-refractivity contribution in [3.63, 3.8) is 0 Å². The molecule has 0 bridgehead atoms. The quantitative estimate of drug-likeness (QED) is 0.798. The molecule has 1 amide bonds. The molecule has 1 aliphatic carbocycles. The number of hydrogen-bond donors (Lipinski definition) is 1. The Kier molecular flexibility index (Phi) is 5.81. The average molecular weight is 381 g/mol. The van der Waals surface area contributed by atoms with E-state index < -0.39 is 0 Å². The number of likely N-dealkylation sites (tertiary alicyclic amines) is 1. The minimum absolute atomic E-state index is 0.0418. The number of rotatable bonds is 7. The number of piperidine rings is 1. The van der Waals surface area contributed by atoms with Crippen LogP contribution in [0.3, 0.4) is 0 Å². The predicted molar refractivity (Wildman–Crippen MR) is 112 cm³/mol. The summed E-state index contributed by atoms with van der Waals surface area (Å²) in [5.41, 5.74) is 4.52. The van der Waals surface area contributed by atoms with Crippen LogP contribution in [0.1, 0.15) is 58.9 Å². The Labute approximate surface area is 168 Å². The molecule has 5 heteroatoms. The van der Waals surface area contributed by atoms with Crippen molar-refractivity contribution in [1.29, 1.82) is 0 Å². The minimum atomic E-state index is 0.0418. The first-order valence-electron chi connectivity index (χ1n) is 10.7. The maximum atomic E-state index is 12.7. The van der Waals surface area contributed by atoms with Crippen LogP contribution in [0.4, 0.5) is 0 Å². The largest absolute Gasteiger partial charge is 0.340 e. The van der Waals surface area contributed by atoms with Gasteiger partial charge < -0.3 is 9.80 Å². The van der Waals surface area contributed by atoms with E-state index in [1.807, 2.05) is 18.0 Å². The number of nitrogens with one attached hydrogen (secondary N) is 1. The lowest BCUT2D eigenvalue weighted by Crippen LogP contribution is -2.42. The molecule has 1 aromatic carbocycles. The fourth-order valence-electron chi connectivity index (χ4n) is 4.39. The molecular weight excluding hydrogens is 348 g/mol. The van der Waals surface area contributed by atoms with Crippen molar-refractivity contribution < 1.29 is 4.79 Å². The van der Waals surface area contributed by atoms with Crippen LogP contribution in [0, 0.1) is 12.8 Å². The molecule has 4 rings (SSSR count). The van der Waals surface area contributed by atoms with Crippen LogP contribution in [-0.2, 0) is 6.42 Å². The highest BCUT2D eigenvalue weighted by Crippen LogP contribution is 2.39. The number of benzene rings is 1. The van der Waals surface area contributed by atoms with E-state index in [0.717, 1.165) is 31.7 Å². The lowest BCUT2D eigenvalue weighted by Gasteiger charge is -2.34. The fraction of sp³-hybridized carbons (Fsp3) is 0.565. The van der Waals surface area contributed by atoms with Gasteiger partial charge in [-0.15, -0.1) is 0 Å². The maximum Gasteiger partial charge on any atom is 0.274 e. The van der Waals surface area contributed by atoms with Crippen molar-refractivity contribution in [2.24, 2.45) is 5.92 Å². The first-order chi connectivity index (χ1) is 13.6. The first-order valence-corrected chi connectivity index (χ1v) is 10.7. The highest BCUT2D eigenvalue weighted by Gasteiger charge is 2.28. The number of H-pyrrole nitrogens is 1. The van der Waals surface area contributed by atoms with Gasteiger partial charge in [-0.1, -0.05) is 24.3 Å². The Balaban J connectivity index is 1.27. The number of carbonyl (C=O) groups is 1. The summed E-state index contributed by atoms with van der Waals surface area (Å²) in [6.45, 7) is 6.36. The van der Waals surface area contributed by atoms with E-state index in [1.54, 1.807) is 0 Å². The SMILES string of the molecule is Cc1ccccc1CCN1CCCC(CN(C)C(=O)c2cc(C3CC3)[nH]n2)C1. The van der Waals surface area contributed by atoms with Gasteiger partial charge in [0.1, 0.15) is 5.69 Å². The molecule has 2 fully saturated rings. The van der Waals surface area contributed by atoms with E-state index in [-0.39, 0.29) is 5.91 Å². The van der Waals surface area contributed by atoms with Crippen molar-refractivity contribution >= 4 is 5.91 Å². The van der Waals surface area contributed by atoms with Gasteiger partial charge in [-0.2, -0.15) is 5.10 Å². The highest BCUT2D eigenvalue weighted by molar-refractivity contribution is 5.92. The Morgan fingerprint density at radius 2 is 2.11 bits per heavy atom. The monoisotopic (exact) mass is 380 g/mol. The van der Waals surface area contributed by atoms with Gasteiger partial charge in [-0.25, -0.2) is 0 Å². The van der Waals surface area contributed by atoms with Gasteiger partial charge in [0.2, 0.25) is 0 Å². The molecule has 5 nitrogen and oxygen atoms in total. The fourth-order valence-corrected chi connectivity index (χ4v) is 4.39. The third-order valence-electron chi connectivity index (χ3n) is 6.27. The molecule has 1 atom stereocenters. The summed E-state index contributed by atoms with van der Waals surface area (Å²) in [7, 11) is 1.92. The van der Waals surface area contributed by atoms with Gasteiger partial charge in [0, 0.05) is 38.3 Å². The lowest BCUT2D eigenvalue weighted by molar-refractivity contribution is 0.0724. The van der Waals surface area contributed by atoms with Gasteiger partial charge in [-0.05, 0) is 68.7 Å². The van der Waals surface area contributed by atoms with Crippen LogP contribution in [0.25, 0.3) is 0 Å². The normalized spacial score (nSPS) is 20.3. The van der Waals surface area contributed by atoms with Crippen molar-refractivity contribution in [1.82, 2.24) is 20.0 Å². The molecule has 2 heterocycles. The molecule has 2 aliphatic rings. The summed E-state index contributed by atoms with van der Waals surface area (Å²) in [6.07, 6.45) is 5.95. The molecule has 28 heavy (non-hydrogen) atoms. The van der Waals surface area contributed by atoms with Gasteiger partial charge in [0.15, 0.2) is 0 Å². The smallest absolute Gasteiger partial charge is 0.274 e. The van der Waals surface area contributed by atoms with Crippen LogP contribution >= 0.6 is 0 Å². The summed E-state index contributed by atoms with van der Waals surface area (Å²) in [5.74, 6) is 1.18. The van der Waals surface area contributed by atoms with Gasteiger partial charge >= 0.3 is 0 Å². The zero-order valence-corrected chi connectivity index (χ0v) is 17.2. The first kappa shape index (κ1) is 19.2. The second-order valence-corrected chi connectivity index (χ2v) is 8.65. The number of amides is 1. The van der Waals surface area contributed by atoms with Crippen LogP contribution in [0.15, 0.2) is 30.3 Å². The molecule has 1 aromatic heterocycles. The molecule has 1 saturated heterocycles. The Hall–Kier alpha value is -2.14. The van der Waals surface area contributed by atoms with Crippen molar-refractivity contribution in [2.45, 2.75) is 44.9 Å². The van der Waals surface area contributed by atoms with E-state index in [9.17, 15) is 4.79 Å². The van der Waals surface area contributed by atoms with E-state index in [0.29, 0.717) is 17.5 Å². The number of carbonyl (C=O) groups excluding carboxylic acids is 1. The average Bonchev–Trinajstić information content (AvgIpc) is 3.44. The summed E-state index contributed by atoms with van der Waals surface area (Å²) in [4.78, 5) is 17.2. The summed E-state index contributed by atoms with van der Waals surface area (Å²) in [6, 6.07) is 10.6. The molecule has 150 valence electrons. The number of aromatic amines is 1. The molecule has 1 saturated carbocycles. The predicted octanol–water partition coefficient (Wildman–Crippen LogP) is 3.62. The van der Waals surface area contributed by atoms with Crippen molar-refractivity contribution in [2.75, 3.05) is 33.2 Å². The molecular formula is C23H32N4O. The minimum Gasteiger partial charge on any atom is -0.340 e. The van der Waals surface area contributed by atoms with Gasteiger partial charge in [0.25, 0.3) is 5.91 Å². The summed E-state index contributed by atoms with van der Waals surface area (Å²) in [5, 5.41) is 7.30. The van der Waals surface area contributed by atoms with Gasteiger partial charge in [0.05, 0.1) is 0 Å². The lowest BCUT2D eigenvalue weighted by atomic mass is 9.96. The molecule has 1 N–H and O–H groups in total. The number of aromatic nitrogens is 2. The molecule has 1 aliphatic heterocycles. The Morgan fingerprint density at radius 1 is 1.29 bits per heavy atom. The summed E-state index contributed by atoms with van der Waals surface area (Å²) >= 11 is 0. The Morgan fingerprint density at radius 3 is 2.89 bits per heavy atom. The zero-order chi connectivity index (χ0) is 19.5. The van der Waals surface area contributed by atoms with Crippen molar-refractivity contribution in [3.8, 4) is 0 Å². The van der Waals surface area contributed by atoms with E-state index in [4.69, 9.17) is 0 Å². The van der Waals surface area contributed by atoms with E-state index in [2.05, 4.69) is 46.3 Å². The topological polar surface area (TPSA) is 52.2 Å². The van der Waals surface area contributed by atoms with Crippen LogP contribution < -0.4 is 0 Å². The molecule has 0 radical (unpaired) electrons. The van der Waals surface area contributed by atoms with E-state index >= 15 is 0 Å². The standard InChI is InChI=1S/C23H32N4O/c1-17-6-3-4-8-19(17)11-13-27-12-5-7-18(16-27)15-26(2)23(28)22-14-21(24-25-22)20-9-10-20/h3-4,6,8,14,18,20H,5,7,9-13,15-16H2,1-2H3,(H,24,25). The third kappa shape index (κ3) is 4.64. The zero-order valence-electron chi connectivity index (χ0n) is 17.2. The van der Waals surface area contributed by atoms with Crippen LogP contribution in [-0.4, -0.2) is 59.1 Å². The summed E-state index contributed by atoms with van der Waals surface area (Å²) < 4.78 is 0. The number of nitrogens with zero attached hydrogens (tertiary/aromatic N) is 3. The van der Waals surface area contributed by atoms with Crippen LogP contribution in [0.2, 0.25) is 0 Å². The number of hydrogen-bond acceptors (Lipinski definition) is 3. The highest BCUT2D eigenvalue weighted by atomic mass is 16.2. The maximum absolute atomic E-state index is 12.7. The van der Waals surface area contributed by atoms with Gasteiger partial charge in [-0.3, -0.25) is 9.89 Å². The molecule has 0 spiro atoms. The number of aryl methyl sites for hydroxylation is 1.